The summed E-state index contributed by atoms with van der Waals surface area (Å²) in [5, 5.41) is 11.4. The van der Waals surface area contributed by atoms with Crippen LogP contribution in [0, 0.1) is 5.82 Å². The summed E-state index contributed by atoms with van der Waals surface area (Å²) in [5.41, 5.74) is 3.74. The van der Waals surface area contributed by atoms with Gasteiger partial charge in [-0.15, -0.1) is 0 Å². The van der Waals surface area contributed by atoms with Crippen molar-refractivity contribution < 1.29 is 13.9 Å². The van der Waals surface area contributed by atoms with Crippen LogP contribution in [0.15, 0.2) is 42.7 Å². The van der Waals surface area contributed by atoms with Crippen molar-refractivity contribution in [2.75, 3.05) is 17.7 Å². The summed E-state index contributed by atoms with van der Waals surface area (Å²) in [5.74, 6) is -0.397. The van der Waals surface area contributed by atoms with Crippen LogP contribution in [-0.4, -0.2) is 22.8 Å². The Balaban J connectivity index is 1.73. The molecule has 7 heteroatoms. The minimum Gasteiger partial charge on any atom is -0.494 e. The van der Waals surface area contributed by atoms with Gasteiger partial charge in [-0.3, -0.25) is 4.79 Å². The molecule has 1 aromatic heterocycles. The quantitative estimate of drug-likeness (QED) is 0.746. The lowest BCUT2D eigenvalue weighted by molar-refractivity contribution is 0.0927. The van der Waals surface area contributed by atoms with E-state index in [0.717, 1.165) is 16.8 Å². The molecule has 0 radical (unpaired) electrons. The van der Waals surface area contributed by atoms with Gasteiger partial charge in [0.25, 0.3) is 0 Å². The van der Waals surface area contributed by atoms with E-state index in [0.29, 0.717) is 16.8 Å². The van der Waals surface area contributed by atoms with Gasteiger partial charge < -0.3 is 15.4 Å². The molecule has 0 bridgehead atoms. The molecular formula is C18H15FN4O2. The molecule has 0 saturated heterocycles. The zero-order chi connectivity index (χ0) is 17.6. The number of carbonyl (C=O) groups excluding carboxylic acids is 1. The number of nitrogens with one attached hydrogen (secondary N) is 2. The van der Waals surface area contributed by atoms with E-state index in [2.05, 4.69) is 15.7 Å². The first-order valence-electron chi connectivity index (χ1n) is 7.67. The molecule has 0 unspecified atom stereocenters. The molecular weight excluding hydrogens is 323 g/mol. The van der Waals surface area contributed by atoms with Crippen molar-refractivity contribution in [1.82, 2.24) is 9.78 Å². The maximum atomic E-state index is 14.0. The highest BCUT2D eigenvalue weighted by molar-refractivity contribution is 5.99. The summed E-state index contributed by atoms with van der Waals surface area (Å²) in [6, 6.07) is 8.51. The fourth-order valence-electron chi connectivity index (χ4n) is 2.87. The molecule has 0 atom stereocenters. The van der Waals surface area contributed by atoms with E-state index in [-0.39, 0.29) is 11.7 Å². The number of rotatable bonds is 2. The van der Waals surface area contributed by atoms with Crippen molar-refractivity contribution in [1.29, 1.82) is 0 Å². The number of anilines is 2. The van der Waals surface area contributed by atoms with Crippen LogP contribution in [0.25, 0.3) is 16.6 Å². The van der Waals surface area contributed by atoms with Crippen molar-refractivity contribution >= 4 is 33.9 Å². The minimum absolute atomic E-state index is 0.160. The molecule has 2 heterocycles. The Bertz CT molecular complexity index is 1040. The van der Waals surface area contributed by atoms with Gasteiger partial charge in [0.15, 0.2) is 11.6 Å². The average Bonchev–Trinajstić information content (AvgIpc) is 3.02. The van der Waals surface area contributed by atoms with Crippen LogP contribution in [0.5, 0.6) is 5.75 Å². The highest BCUT2D eigenvalue weighted by atomic mass is 19.1. The van der Waals surface area contributed by atoms with Gasteiger partial charge in [-0.25, -0.2) is 9.07 Å². The number of fused-ring (bicyclic) bond motifs is 2. The molecule has 0 saturated carbocycles. The van der Waals surface area contributed by atoms with Crippen molar-refractivity contribution in [3.8, 4) is 5.75 Å². The fraction of sp³-hybridized carbons (Fsp3) is 0.111. The highest BCUT2D eigenvalue weighted by Crippen LogP contribution is 2.35. The molecule has 1 aliphatic heterocycles. The Hall–Kier alpha value is -3.35. The zero-order valence-electron chi connectivity index (χ0n) is 13.6. The molecule has 6 nitrogen and oxygen atoms in total. The zero-order valence-corrected chi connectivity index (χ0v) is 13.6. The molecule has 3 aromatic rings. The second-order valence-electron chi connectivity index (χ2n) is 5.71. The van der Waals surface area contributed by atoms with Crippen LogP contribution in [0.1, 0.15) is 17.3 Å². The standard InChI is InChI=1S/C18H15FN4O2/c1-10(24)23-17-7-15-14(6-12(17)8-21-23)20-9-16(22-15)11-3-4-18(25-2)13(19)5-11/h3-9,20,22H,1-2H3. The van der Waals surface area contributed by atoms with Crippen LogP contribution in [0.4, 0.5) is 15.8 Å². The van der Waals surface area contributed by atoms with Crippen LogP contribution in [-0.2, 0) is 0 Å². The van der Waals surface area contributed by atoms with Gasteiger partial charge in [0, 0.05) is 24.1 Å². The first-order valence-corrected chi connectivity index (χ1v) is 7.67. The summed E-state index contributed by atoms with van der Waals surface area (Å²) in [7, 11) is 1.43. The molecule has 25 heavy (non-hydrogen) atoms. The first kappa shape index (κ1) is 15.2. The highest BCUT2D eigenvalue weighted by Gasteiger charge is 2.16. The number of benzene rings is 2. The van der Waals surface area contributed by atoms with Gasteiger partial charge in [0.2, 0.25) is 5.91 Å². The molecule has 0 amide bonds. The van der Waals surface area contributed by atoms with Crippen LogP contribution < -0.4 is 15.4 Å². The fourth-order valence-corrected chi connectivity index (χ4v) is 2.87. The summed E-state index contributed by atoms with van der Waals surface area (Å²) >= 11 is 0. The van der Waals surface area contributed by atoms with Gasteiger partial charge in [-0.05, 0) is 30.3 Å². The predicted octanol–water partition coefficient (Wildman–Crippen LogP) is 3.68. The minimum atomic E-state index is -0.432. The lowest BCUT2D eigenvalue weighted by Crippen LogP contribution is -2.11. The van der Waals surface area contributed by atoms with Gasteiger partial charge in [0.1, 0.15) is 0 Å². The van der Waals surface area contributed by atoms with E-state index in [9.17, 15) is 9.18 Å². The van der Waals surface area contributed by atoms with Crippen molar-refractivity contribution in [3.63, 3.8) is 0 Å². The molecule has 126 valence electrons. The Kier molecular flexibility index (Phi) is 3.42. The molecule has 0 aliphatic carbocycles. The van der Waals surface area contributed by atoms with Crippen LogP contribution >= 0.6 is 0 Å². The number of aromatic nitrogens is 2. The van der Waals surface area contributed by atoms with Gasteiger partial charge >= 0.3 is 0 Å². The summed E-state index contributed by atoms with van der Waals surface area (Å²) in [4.78, 5) is 11.7. The lowest BCUT2D eigenvalue weighted by Gasteiger charge is -2.21. The number of hydrogen-bond acceptors (Lipinski definition) is 5. The second kappa shape index (κ2) is 5.62. The van der Waals surface area contributed by atoms with E-state index >= 15 is 0 Å². The number of methoxy groups -OCH3 is 1. The van der Waals surface area contributed by atoms with E-state index in [1.807, 2.05) is 12.1 Å². The van der Waals surface area contributed by atoms with E-state index in [1.54, 1.807) is 24.5 Å². The molecule has 1 aliphatic rings. The number of ether oxygens (including phenoxy) is 1. The topological polar surface area (TPSA) is 68.2 Å². The smallest absolute Gasteiger partial charge is 0.244 e. The van der Waals surface area contributed by atoms with Crippen molar-refractivity contribution in [2.45, 2.75) is 6.92 Å². The van der Waals surface area contributed by atoms with Gasteiger partial charge in [0.05, 0.1) is 35.9 Å². The number of nitrogens with zero attached hydrogens (tertiary/aromatic N) is 2. The second-order valence-corrected chi connectivity index (χ2v) is 5.71. The molecule has 2 aromatic carbocycles. The number of hydrogen-bond donors (Lipinski definition) is 2. The van der Waals surface area contributed by atoms with Gasteiger partial charge in [-0.1, -0.05) is 0 Å². The molecule has 0 spiro atoms. The van der Waals surface area contributed by atoms with E-state index in [1.165, 1.54) is 24.8 Å². The third-order valence-electron chi connectivity index (χ3n) is 4.11. The number of halogens is 1. The molecule has 4 rings (SSSR count). The monoisotopic (exact) mass is 338 g/mol. The average molecular weight is 338 g/mol. The van der Waals surface area contributed by atoms with Crippen LogP contribution in [0.2, 0.25) is 0 Å². The first-order chi connectivity index (χ1) is 12.1. The van der Waals surface area contributed by atoms with Crippen molar-refractivity contribution in [3.05, 3.63) is 54.1 Å². The Morgan fingerprint density at radius 3 is 2.80 bits per heavy atom. The van der Waals surface area contributed by atoms with Crippen LogP contribution in [0.3, 0.4) is 0 Å². The SMILES string of the molecule is COc1ccc(C2=CNc3cc4cnn(C(C)=O)c4cc3N2)cc1F. The Morgan fingerprint density at radius 1 is 1.24 bits per heavy atom. The normalized spacial score (nSPS) is 12.8. The Morgan fingerprint density at radius 2 is 2.08 bits per heavy atom. The van der Waals surface area contributed by atoms with Crippen molar-refractivity contribution in [2.24, 2.45) is 0 Å². The van der Waals surface area contributed by atoms with E-state index < -0.39 is 5.82 Å². The summed E-state index contributed by atoms with van der Waals surface area (Å²) in [6.07, 6.45) is 3.42. The third-order valence-corrected chi connectivity index (χ3v) is 4.11. The lowest BCUT2D eigenvalue weighted by atomic mass is 10.1. The summed E-state index contributed by atoms with van der Waals surface area (Å²) < 4.78 is 20.3. The Labute approximate surface area is 142 Å². The van der Waals surface area contributed by atoms with Gasteiger partial charge in [-0.2, -0.15) is 5.10 Å². The maximum absolute atomic E-state index is 14.0. The number of carbonyl (C=O) groups is 1. The molecule has 0 fully saturated rings. The maximum Gasteiger partial charge on any atom is 0.244 e. The largest absolute Gasteiger partial charge is 0.494 e. The predicted molar refractivity (Wildman–Crippen MR) is 94.2 cm³/mol. The van der Waals surface area contributed by atoms with E-state index in [4.69, 9.17) is 4.74 Å². The summed E-state index contributed by atoms with van der Waals surface area (Å²) in [6.45, 7) is 1.46. The third kappa shape index (κ3) is 2.50. The molecule has 2 N–H and O–H groups in total.